The van der Waals surface area contributed by atoms with Crippen LogP contribution in [-0.4, -0.2) is 40.8 Å². The maximum atomic E-state index is 13.2. The predicted molar refractivity (Wildman–Crippen MR) is 60.4 cm³/mol. The average molecular weight is 259 g/mol. The molecule has 5 nitrogen and oxygen atoms in total. The highest BCUT2D eigenvalue weighted by Gasteiger charge is 2.43. The number of halogens is 2. The van der Waals surface area contributed by atoms with Gasteiger partial charge in [0.1, 0.15) is 5.84 Å². The van der Waals surface area contributed by atoms with Gasteiger partial charge in [-0.2, -0.15) is 8.78 Å². The number of allylic oxidation sites excluding steroid dienone is 1. The lowest BCUT2D eigenvalue weighted by Gasteiger charge is -2.40. The van der Waals surface area contributed by atoms with Crippen LogP contribution in [0, 0.1) is 11.3 Å². The van der Waals surface area contributed by atoms with Gasteiger partial charge in [-0.15, -0.1) is 0 Å². The lowest BCUT2D eigenvalue weighted by Crippen LogP contribution is -2.51. The van der Waals surface area contributed by atoms with E-state index in [4.69, 9.17) is 16.2 Å². The van der Waals surface area contributed by atoms with Crippen molar-refractivity contribution in [3.8, 4) is 0 Å². The number of aliphatic carboxylic acids is 1. The third-order valence-corrected chi connectivity index (χ3v) is 3.43. The monoisotopic (exact) mass is 259 g/mol. The Bertz CT molecular complexity index is 428. The second-order valence-electron chi connectivity index (χ2n) is 4.81. The van der Waals surface area contributed by atoms with Crippen LogP contribution in [0.15, 0.2) is 11.3 Å². The molecule has 0 aromatic heterocycles. The predicted octanol–water partition coefficient (Wildman–Crippen LogP) is 1.01. The zero-order chi connectivity index (χ0) is 13.5. The van der Waals surface area contributed by atoms with Gasteiger partial charge >= 0.3 is 5.97 Å². The molecule has 0 radical (unpaired) electrons. The average Bonchev–Trinajstić information content (AvgIpc) is 2.47. The van der Waals surface area contributed by atoms with Gasteiger partial charge in [-0.05, 0) is 6.42 Å². The van der Waals surface area contributed by atoms with E-state index in [2.05, 4.69) is 0 Å². The summed E-state index contributed by atoms with van der Waals surface area (Å²) >= 11 is 0. The van der Waals surface area contributed by atoms with Crippen molar-refractivity contribution in [2.45, 2.75) is 25.2 Å². The lowest BCUT2D eigenvalue weighted by atomic mass is 9.95. The maximum Gasteiger partial charge on any atom is 0.303 e. The molecule has 0 saturated carbocycles. The number of carboxylic acids is 1. The van der Waals surface area contributed by atoms with Gasteiger partial charge in [-0.3, -0.25) is 10.2 Å². The number of carboxylic acid groups (broad SMARTS) is 1. The number of nitrogens with one attached hydrogen (secondary N) is 1. The van der Waals surface area contributed by atoms with E-state index in [1.54, 1.807) is 4.90 Å². The van der Waals surface area contributed by atoms with Crippen molar-refractivity contribution in [1.29, 1.82) is 5.41 Å². The number of nitrogens with two attached hydrogens (primary N) is 1. The van der Waals surface area contributed by atoms with E-state index in [1.807, 2.05) is 0 Å². The Hall–Kier alpha value is -1.66. The second-order valence-corrected chi connectivity index (χ2v) is 4.81. The summed E-state index contributed by atoms with van der Waals surface area (Å²) in [5.74, 6) is -3.87. The van der Waals surface area contributed by atoms with Crippen LogP contribution in [0.1, 0.15) is 19.3 Å². The molecule has 0 atom stereocenters. The Labute approximate surface area is 103 Å². The summed E-state index contributed by atoms with van der Waals surface area (Å²) < 4.78 is 26.4. The molecular formula is C11H15F2N3O2. The Balaban J connectivity index is 1.95. The molecule has 0 spiro atoms. The smallest absolute Gasteiger partial charge is 0.303 e. The number of hydrogen-bond donors (Lipinski definition) is 3. The van der Waals surface area contributed by atoms with E-state index in [-0.39, 0.29) is 36.6 Å². The number of nitrogens with zero attached hydrogens (tertiary/aromatic N) is 1. The first kappa shape index (κ1) is 12.8. The number of alkyl halides is 2. The molecule has 4 N–H and O–H groups in total. The van der Waals surface area contributed by atoms with Crippen LogP contribution in [0.25, 0.3) is 0 Å². The maximum absolute atomic E-state index is 13.2. The second kappa shape index (κ2) is 4.22. The molecule has 1 saturated heterocycles. The van der Waals surface area contributed by atoms with Gasteiger partial charge in [-0.1, -0.05) is 0 Å². The summed E-state index contributed by atoms with van der Waals surface area (Å²) in [5.41, 5.74) is 5.05. The first-order chi connectivity index (χ1) is 8.31. The molecule has 0 unspecified atom stereocenters. The lowest BCUT2D eigenvalue weighted by molar-refractivity contribution is -0.139. The number of rotatable bonds is 3. The molecule has 2 rings (SSSR count). The van der Waals surface area contributed by atoms with Crippen molar-refractivity contribution in [2.24, 2.45) is 11.7 Å². The molecule has 0 aromatic rings. The first-order valence-electron chi connectivity index (χ1n) is 5.74. The van der Waals surface area contributed by atoms with Gasteiger partial charge in [0.05, 0.1) is 12.1 Å². The molecule has 1 aliphatic heterocycles. The summed E-state index contributed by atoms with van der Waals surface area (Å²) in [7, 11) is 0. The van der Waals surface area contributed by atoms with Crippen molar-refractivity contribution in [3.63, 3.8) is 0 Å². The molecular weight excluding hydrogens is 244 g/mol. The Morgan fingerprint density at radius 1 is 1.56 bits per heavy atom. The fraction of sp³-hybridized carbons (Fsp3) is 0.636. The minimum atomic E-state index is -3.01. The summed E-state index contributed by atoms with van der Waals surface area (Å²) in [6.07, 6.45) is -0.185. The molecule has 0 aromatic carbocycles. The fourth-order valence-corrected chi connectivity index (χ4v) is 2.34. The van der Waals surface area contributed by atoms with Crippen LogP contribution in [0.4, 0.5) is 8.78 Å². The number of carbonyl (C=O) groups is 1. The highest BCUT2D eigenvalue weighted by atomic mass is 19.3. The first-order valence-corrected chi connectivity index (χ1v) is 5.74. The summed E-state index contributed by atoms with van der Waals surface area (Å²) in [6, 6.07) is 0. The van der Waals surface area contributed by atoms with Gasteiger partial charge in [-0.25, -0.2) is 0 Å². The van der Waals surface area contributed by atoms with Crippen molar-refractivity contribution < 1.29 is 18.7 Å². The van der Waals surface area contributed by atoms with Crippen LogP contribution >= 0.6 is 0 Å². The highest BCUT2D eigenvalue weighted by Crippen LogP contribution is 2.38. The molecule has 7 heteroatoms. The van der Waals surface area contributed by atoms with Crippen LogP contribution in [-0.2, 0) is 4.79 Å². The highest BCUT2D eigenvalue weighted by molar-refractivity contribution is 5.97. The third kappa shape index (κ3) is 2.16. The molecule has 2 aliphatic rings. The summed E-state index contributed by atoms with van der Waals surface area (Å²) in [5, 5.41) is 16.4. The molecule has 0 bridgehead atoms. The normalized spacial score (nSPS) is 23.1. The minimum Gasteiger partial charge on any atom is -0.481 e. The van der Waals surface area contributed by atoms with Crippen LogP contribution in [0.2, 0.25) is 0 Å². The largest absolute Gasteiger partial charge is 0.481 e. The van der Waals surface area contributed by atoms with Crippen molar-refractivity contribution in [3.05, 3.63) is 11.3 Å². The SMILES string of the molecule is N=C(C1=C(N)C(F)(F)CC1)N1CC(CC(=O)O)C1. The van der Waals surface area contributed by atoms with E-state index in [0.29, 0.717) is 13.1 Å². The summed E-state index contributed by atoms with van der Waals surface area (Å²) in [6.45, 7) is 0.848. The van der Waals surface area contributed by atoms with Crippen LogP contribution in [0.5, 0.6) is 0 Å². The van der Waals surface area contributed by atoms with E-state index >= 15 is 0 Å². The minimum absolute atomic E-state index is 0.00779. The zero-order valence-corrected chi connectivity index (χ0v) is 9.75. The third-order valence-electron chi connectivity index (χ3n) is 3.43. The Kier molecular flexibility index (Phi) is 3.00. The molecule has 1 fully saturated rings. The van der Waals surface area contributed by atoms with Gasteiger partial charge < -0.3 is 15.7 Å². The van der Waals surface area contributed by atoms with E-state index in [1.165, 1.54) is 0 Å². The zero-order valence-electron chi connectivity index (χ0n) is 9.75. The number of likely N-dealkylation sites (tertiary alicyclic amines) is 1. The number of amidine groups is 1. The van der Waals surface area contributed by atoms with Crippen LogP contribution in [0.3, 0.4) is 0 Å². The van der Waals surface area contributed by atoms with Gasteiger partial charge in [0.15, 0.2) is 0 Å². The van der Waals surface area contributed by atoms with E-state index in [0.717, 1.165) is 0 Å². The number of hydrogen-bond acceptors (Lipinski definition) is 3. The Morgan fingerprint density at radius 3 is 2.61 bits per heavy atom. The van der Waals surface area contributed by atoms with Gasteiger partial charge in [0.2, 0.25) is 0 Å². The van der Waals surface area contributed by atoms with Crippen molar-refractivity contribution >= 4 is 11.8 Å². The standard InChI is InChI=1S/C11H15F2N3O2/c12-11(13)2-1-7(9(11)14)10(15)16-4-6(5-16)3-8(17)18/h6,15H,1-5,14H2,(H,17,18). The fourth-order valence-electron chi connectivity index (χ4n) is 2.34. The molecule has 0 amide bonds. The van der Waals surface area contributed by atoms with E-state index in [9.17, 15) is 13.6 Å². The molecule has 100 valence electrons. The molecule has 1 heterocycles. The van der Waals surface area contributed by atoms with Crippen LogP contribution < -0.4 is 5.73 Å². The van der Waals surface area contributed by atoms with Gasteiger partial charge in [0, 0.05) is 31.0 Å². The molecule has 1 aliphatic carbocycles. The topological polar surface area (TPSA) is 90.4 Å². The quantitative estimate of drug-likeness (QED) is 0.521. The summed E-state index contributed by atoms with van der Waals surface area (Å²) in [4.78, 5) is 12.1. The van der Waals surface area contributed by atoms with Gasteiger partial charge in [0.25, 0.3) is 5.92 Å². The van der Waals surface area contributed by atoms with E-state index < -0.39 is 17.6 Å². The molecule has 18 heavy (non-hydrogen) atoms. The van der Waals surface area contributed by atoms with Crippen molar-refractivity contribution in [2.75, 3.05) is 13.1 Å². The van der Waals surface area contributed by atoms with Crippen molar-refractivity contribution in [1.82, 2.24) is 4.90 Å². The Morgan fingerprint density at radius 2 is 2.17 bits per heavy atom.